The maximum absolute atomic E-state index is 13.7. The van der Waals surface area contributed by atoms with Crippen LogP contribution in [0.5, 0.6) is 0 Å². The molecule has 3 aromatic rings. The van der Waals surface area contributed by atoms with Crippen LogP contribution >= 0.6 is 0 Å². The van der Waals surface area contributed by atoms with Gasteiger partial charge in [-0.3, -0.25) is 9.59 Å². The number of hydrazine groups is 1. The van der Waals surface area contributed by atoms with Crippen LogP contribution in [0.1, 0.15) is 76.7 Å². The van der Waals surface area contributed by atoms with Crippen LogP contribution in [0.15, 0.2) is 72.8 Å². The van der Waals surface area contributed by atoms with Crippen molar-refractivity contribution in [1.29, 1.82) is 0 Å². The summed E-state index contributed by atoms with van der Waals surface area (Å²) in [6.45, 7) is 12.3. The Morgan fingerprint density at radius 3 is 1.88 bits per heavy atom. The molecule has 3 rings (SSSR count). The molecule has 0 aromatic heterocycles. The minimum Gasteiger partial charge on any atom is -0.267 e. The Kier molecular flexibility index (Phi) is 7.50. The monoisotopic (exact) mass is 442 g/mol. The molecule has 0 aliphatic heterocycles. The van der Waals surface area contributed by atoms with E-state index in [2.05, 4.69) is 33.1 Å². The van der Waals surface area contributed by atoms with E-state index in [1.807, 2.05) is 74.5 Å². The lowest BCUT2D eigenvalue weighted by Crippen LogP contribution is -2.51. The van der Waals surface area contributed by atoms with E-state index >= 15 is 0 Å². The van der Waals surface area contributed by atoms with E-state index in [4.69, 9.17) is 0 Å². The van der Waals surface area contributed by atoms with Crippen molar-refractivity contribution >= 4 is 11.8 Å². The summed E-state index contributed by atoms with van der Waals surface area (Å²) in [5, 5.41) is 1.19. The molecular weight excluding hydrogens is 408 g/mol. The van der Waals surface area contributed by atoms with E-state index < -0.39 is 0 Å². The van der Waals surface area contributed by atoms with Crippen LogP contribution in [0.4, 0.5) is 0 Å². The molecule has 0 spiro atoms. The SMILES string of the molecule is CCc1ccc(C(=O)N(NC(c2ccccc2)C(C)(C)C)C(=O)c2cc(C)cc(C)c2)cc1. The molecule has 1 N–H and O–H groups in total. The molecule has 0 radical (unpaired) electrons. The Morgan fingerprint density at radius 1 is 0.818 bits per heavy atom. The molecule has 1 unspecified atom stereocenters. The predicted molar refractivity (Wildman–Crippen MR) is 134 cm³/mol. The summed E-state index contributed by atoms with van der Waals surface area (Å²) in [5.74, 6) is -0.733. The zero-order chi connectivity index (χ0) is 24.2. The Bertz CT molecular complexity index is 1090. The maximum atomic E-state index is 13.7. The summed E-state index contributed by atoms with van der Waals surface area (Å²) < 4.78 is 0. The zero-order valence-electron chi connectivity index (χ0n) is 20.5. The molecular formula is C29H34N2O2. The van der Waals surface area contributed by atoms with E-state index in [0.717, 1.165) is 28.7 Å². The maximum Gasteiger partial charge on any atom is 0.275 e. The fraction of sp³-hybridized carbons (Fsp3) is 0.310. The molecule has 33 heavy (non-hydrogen) atoms. The first-order valence-electron chi connectivity index (χ1n) is 11.5. The van der Waals surface area contributed by atoms with Crippen molar-refractivity contribution in [3.8, 4) is 0 Å². The Balaban J connectivity index is 2.06. The number of hydrogen-bond acceptors (Lipinski definition) is 3. The van der Waals surface area contributed by atoms with Gasteiger partial charge in [0.05, 0.1) is 6.04 Å². The quantitative estimate of drug-likeness (QED) is 0.353. The lowest BCUT2D eigenvalue weighted by atomic mass is 9.83. The van der Waals surface area contributed by atoms with Crippen molar-refractivity contribution in [3.05, 3.63) is 106 Å². The molecule has 172 valence electrons. The number of amides is 2. The van der Waals surface area contributed by atoms with Crippen LogP contribution < -0.4 is 5.43 Å². The van der Waals surface area contributed by atoms with Crippen LogP contribution in [-0.4, -0.2) is 16.8 Å². The first kappa shape index (κ1) is 24.4. The van der Waals surface area contributed by atoms with Gasteiger partial charge in [-0.1, -0.05) is 87.4 Å². The second-order valence-corrected chi connectivity index (χ2v) is 9.71. The number of rotatable bonds is 6. The van der Waals surface area contributed by atoms with Crippen molar-refractivity contribution < 1.29 is 9.59 Å². The topological polar surface area (TPSA) is 49.4 Å². The average Bonchev–Trinajstić information content (AvgIpc) is 2.78. The van der Waals surface area contributed by atoms with Gasteiger partial charge in [-0.15, -0.1) is 0 Å². The van der Waals surface area contributed by atoms with Gasteiger partial charge in [-0.2, -0.15) is 0 Å². The second kappa shape index (κ2) is 10.1. The van der Waals surface area contributed by atoms with Crippen LogP contribution in [0, 0.1) is 19.3 Å². The summed E-state index contributed by atoms with van der Waals surface area (Å²) in [7, 11) is 0. The molecule has 0 bridgehead atoms. The van der Waals surface area contributed by atoms with Crippen LogP contribution in [0.2, 0.25) is 0 Å². The minimum absolute atomic E-state index is 0.255. The van der Waals surface area contributed by atoms with Crippen LogP contribution in [0.3, 0.4) is 0 Å². The smallest absolute Gasteiger partial charge is 0.267 e. The first-order valence-corrected chi connectivity index (χ1v) is 11.5. The predicted octanol–water partition coefficient (Wildman–Crippen LogP) is 6.44. The lowest BCUT2D eigenvalue weighted by molar-refractivity contribution is 0.0432. The zero-order valence-corrected chi connectivity index (χ0v) is 20.5. The standard InChI is InChI=1S/C29H34N2O2/c1-7-22-13-15-24(16-14-22)27(32)31(28(33)25-18-20(2)17-21(3)19-25)30-26(29(4,5)6)23-11-9-8-10-12-23/h8-19,26,30H,7H2,1-6H3. The Labute approximate surface area is 197 Å². The summed E-state index contributed by atoms with van der Waals surface area (Å²) in [6.07, 6.45) is 0.887. The number of nitrogens with one attached hydrogen (secondary N) is 1. The molecule has 0 aliphatic rings. The highest BCUT2D eigenvalue weighted by Crippen LogP contribution is 2.33. The minimum atomic E-state index is -0.369. The highest BCUT2D eigenvalue weighted by atomic mass is 16.2. The number of aryl methyl sites for hydroxylation is 3. The fourth-order valence-corrected chi connectivity index (χ4v) is 3.99. The van der Waals surface area contributed by atoms with Crippen molar-refractivity contribution in [3.63, 3.8) is 0 Å². The average molecular weight is 443 g/mol. The molecule has 4 nitrogen and oxygen atoms in total. The molecule has 0 saturated carbocycles. The Morgan fingerprint density at radius 2 is 1.36 bits per heavy atom. The van der Waals surface area contributed by atoms with Gasteiger partial charge in [0.2, 0.25) is 0 Å². The third-order valence-electron chi connectivity index (χ3n) is 5.74. The largest absolute Gasteiger partial charge is 0.275 e. The third kappa shape index (κ3) is 5.96. The number of nitrogens with zero attached hydrogens (tertiary/aromatic N) is 1. The van der Waals surface area contributed by atoms with E-state index in [0.29, 0.717) is 11.1 Å². The molecule has 3 aromatic carbocycles. The summed E-state index contributed by atoms with van der Waals surface area (Å²) >= 11 is 0. The number of carbonyl (C=O) groups excluding carboxylic acids is 2. The summed E-state index contributed by atoms with van der Waals surface area (Å²) in [6, 6.07) is 22.8. The van der Waals surface area contributed by atoms with Gasteiger partial charge in [-0.05, 0) is 61.1 Å². The van der Waals surface area contributed by atoms with Crippen LogP contribution in [0.25, 0.3) is 0 Å². The van der Waals surface area contributed by atoms with Crippen LogP contribution in [-0.2, 0) is 6.42 Å². The van der Waals surface area contributed by atoms with Crippen molar-refractivity contribution in [2.75, 3.05) is 0 Å². The van der Waals surface area contributed by atoms with E-state index in [1.54, 1.807) is 12.1 Å². The first-order chi connectivity index (χ1) is 15.6. The van der Waals surface area contributed by atoms with Gasteiger partial charge in [0, 0.05) is 11.1 Å². The third-order valence-corrected chi connectivity index (χ3v) is 5.74. The van der Waals surface area contributed by atoms with Gasteiger partial charge in [-0.25, -0.2) is 10.4 Å². The molecule has 0 fully saturated rings. The number of imide groups is 1. The fourth-order valence-electron chi connectivity index (χ4n) is 3.99. The number of hydrogen-bond donors (Lipinski definition) is 1. The summed E-state index contributed by atoms with van der Waals surface area (Å²) in [5.41, 5.74) is 8.12. The number of benzene rings is 3. The van der Waals surface area contributed by atoms with Gasteiger partial charge in [0.25, 0.3) is 11.8 Å². The van der Waals surface area contributed by atoms with Gasteiger partial charge < -0.3 is 0 Å². The van der Waals surface area contributed by atoms with Gasteiger partial charge in [0.15, 0.2) is 0 Å². The molecule has 4 heteroatoms. The highest BCUT2D eigenvalue weighted by Gasteiger charge is 2.33. The Hall–Kier alpha value is -3.24. The van der Waals surface area contributed by atoms with Gasteiger partial charge in [0.1, 0.15) is 0 Å². The van der Waals surface area contributed by atoms with Crippen molar-refractivity contribution in [1.82, 2.24) is 10.4 Å². The van der Waals surface area contributed by atoms with Crippen molar-refractivity contribution in [2.24, 2.45) is 5.41 Å². The van der Waals surface area contributed by atoms with Gasteiger partial charge >= 0.3 is 0 Å². The van der Waals surface area contributed by atoms with Crippen molar-refractivity contribution in [2.45, 2.75) is 54.0 Å². The second-order valence-electron chi connectivity index (χ2n) is 9.71. The van der Waals surface area contributed by atoms with E-state index in [9.17, 15) is 9.59 Å². The van der Waals surface area contributed by atoms with E-state index in [1.165, 1.54) is 5.01 Å². The molecule has 2 amide bonds. The van der Waals surface area contributed by atoms with E-state index in [-0.39, 0.29) is 23.3 Å². The highest BCUT2D eigenvalue weighted by molar-refractivity contribution is 6.10. The molecule has 0 aliphatic carbocycles. The summed E-state index contributed by atoms with van der Waals surface area (Å²) in [4.78, 5) is 27.4. The number of carbonyl (C=O) groups is 2. The molecule has 0 heterocycles. The normalized spacial score (nSPS) is 12.3. The molecule has 0 saturated heterocycles. The lowest BCUT2D eigenvalue weighted by Gasteiger charge is -2.36. The molecule has 1 atom stereocenters.